The van der Waals surface area contributed by atoms with Crippen molar-refractivity contribution in [1.29, 1.82) is 0 Å². The number of thioether (sulfide) groups is 1. The maximum Gasteiger partial charge on any atom is 0.277 e. The molecule has 0 aliphatic rings. The molecule has 146 valence electrons. The molecular weight excluding hydrogens is 445 g/mol. The molecular formula is C18H14Cl3N3O3S. The minimum Gasteiger partial charge on any atom is -0.482 e. The minimum absolute atomic E-state index is 0.0446. The van der Waals surface area contributed by atoms with Crippen molar-refractivity contribution in [3.8, 4) is 5.75 Å². The highest BCUT2D eigenvalue weighted by Gasteiger charge is 2.12. The van der Waals surface area contributed by atoms with Crippen LogP contribution >= 0.6 is 46.6 Å². The Kier molecular flexibility index (Phi) is 7.07. The molecule has 1 N–H and O–H groups in total. The number of aromatic nitrogens is 2. The molecule has 0 unspecified atom stereocenters. The van der Waals surface area contributed by atoms with Crippen molar-refractivity contribution in [2.24, 2.45) is 0 Å². The fourth-order valence-corrected chi connectivity index (χ4v) is 3.31. The largest absolute Gasteiger partial charge is 0.482 e. The standard InChI is InChI=1S/C18H14Cl3N3O3S/c1-10-2-4-12(7-13(10)20)22-16(25)9-28-18-24-23-17(27-18)8-26-15-5-3-11(19)6-14(15)21/h2-7H,8-9H2,1H3,(H,22,25). The summed E-state index contributed by atoms with van der Waals surface area (Å²) in [6, 6.07) is 10.2. The van der Waals surface area contributed by atoms with Crippen LogP contribution in [-0.2, 0) is 11.4 Å². The lowest BCUT2D eigenvalue weighted by molar-refractivity contribution is -0.113. The van der Waals surface area contributed by atoms with Crippen LogP contribution in [0.25, 0.3) is 0 Å². The minimum atomic E-state index is -0.214. The number of benzene rings is 2. The molecule has 2 aromatic carbocycles. The van der Waals surface area contributed by atoms with Crippen LogP contribution in [0.3, 0.4) is 0 Å². The van der Waals surface area contributed by atoms with Gasteiger partial charge in [-0.3, -0.25) is 4.79 Å². The van der Waals surface area contributed by atoms with Crippen LogP contribution in [0.2, 0.25) is 15.1 Å². The second kappa shape index (κ2) is 9.52. The smallest absolute Gasteiger partial charge is 0.277 e. The number of nitrogens with zero attached hydrogens (tertiary/aromatic N) is 2. The molecule has 0 atom stereocenters. The summed E-state index contributed by atoms with van der Waals surface area (Å²) in [5.41, 5.74) is 1.56. The van der Waals surface area contributed by atoms with E-state index in [1.54, 1.807) is 30.3 Å². The molecule has 0 radical (unpaired) electrons. The van der Waals surface area contributed by atoms with Gasteiger partial charge in [-0.15, -0.1) is 10.2 Å². The number of hydrogen-bond donors (Lipinski definition) is 1. The summed E-state index contributed by atoms with van der Waals surface area (Å²) in [4.78, 5) is 12.0. The Hall–Kier alpha value is -1.93. The molecule has 3 rings (SSSR count). The van der Waals surface area contributed by atoms with E-state index in [1.807, 2.05) is 13.0 Å². The zero-order valence-corrected chi connectivity index (χ0v) is 17.6. The first kappa shape index (κ1) is 20.8. The number of carbonyl (C=O) groups is 1. The van der Waals surface area contributed by atoms with Crippen molar-refractivity contribution >= 4 is 58.2 Å². The van der Waals surface area contributed by atoms with Gasteiger partial charge in [-0.1, -0.05) is 52.6 Å². The van der Waals surface area contributed by atoms with Crippen molar-refractivity contribution in [3.63, 3.8) is 0 Å². The topological polar surface area (TPSA) is 77.2 Å². The van der Waals surface area contributed by atoms with Crippen molar-refractivity contribution in [2.75, 3.05) is 11.1 Å². The summed E-state index contributed by atoms with van der Waals surface area (Å²) in [7, 11) is 0. The predicted molar refractivity (Wildman–Crippen MR) is 111 cm³/mol. The van der Waals surface area contributed by atoms with E-state index in [4.69, 9.17) is 44.0 Å². The van der Waals surface area contributed by atoms with Crippen LogP contribution in [-0.4, -0.2) is 21.9 Å². The highest BCUT2D eigenvalue weighted by molar-refractivity contribution is 7.99. The average molecular weight is 459 g/mol. The van der Waals surface area contributed by atoms with Crippen molar-refractivity contribution < 1.29 is 13.9 Å². The molecule has 6 nitrogen and oxygen atoms in total. The number of ether oxygens (including phenoxy) is 1. The van der Waals surface area contributed by atoms with Crippen LogP contribution in [0.15, 0.2) is 46.0 Å². The number of rotatable bonds is 7. The van der Waals surface area contributed by atoms with Crippen LogP contribution in [0.1, 0.15) is 11.5 Å². The Morgan fingerprint density at radius 2 is 1.96 bits per heavy atom. The highest BCUT2D eigenvalue weighted by Crippen LogP contribution is 2.28. The second-order valence-electron chi connectivity index (χ2n) is 5.63. The number of amides is 1. The Labute approximate surface area is 180 Å². The highest BCUT2D eigenvalue weighted by atomic mass is 35.5. The summed E-state index contributed by atoms with van der Waals surface area (Å²) in [6.07, 6.45) is 0. The molecule has 0 saturated carbocycles. The molecule has 28 heavy (non-hydrogen) atoms. The van der Waals surface area contributed by atoms with E-state index >= 15 is 0 Å². The third-order valence-corrected chi connectivity index (χ3v) is 5.23. The van der Waals surface area contributed by atoms with Crippen LogP contribution in [0.5, 0.6) is 5.75 Å². The van der Waals surface area contributed by atoms with Crippen LogP contribution in [0, 0.1) is 6.92 Å². The molecule has 1 amide bonds. The van der Waals surface area contributed by atoms with Gasteiger partial charge in [0.15, 0.2) is 6.61 Å². The van der Waals surface area contributed by atoms with E-state index in [0.29, 0.717) is 26.5 Å². The Morgan fingerprint density at radius 3 is 2.71 bits per heavy atom. The molecule has 1 heterocycles. The van der Waals surface area contributed by atoms with Gasteiger partial charge in [0.2, 0.25) is 5.91 Å². The first-order valence-corrected chi connectivity index (χ1v) is 10.1. The molecule has 0 saturated heterocycles. The summed E-state index contributed by atoms with van der Waals surface area (Å²) in [5.74, 6) is 0.611. The lowest BCUT2D eigenvalue weighted by Gasteiger charge is -2.06. The van der Waals surface area contributed by atoms with Gasteiger partial charge in [-0.05, 0) is 42.8 Å². The van der Waals surface area contributed by atoms with Crippen LogP contribution < -0.4 is 10.1 Å². The fraction of sp³-hybridized carbons (Fsp3) is 0.167. The third kappa shape index (κ3) is 5.78. The number of carbonyl (C=O) groups excluding carboxylic acids is 1. The zero-order valence-electron chi connectivity index (χ0n) is 14.5. The van der Waals surface area contributed by atoms with Gasteiger partial charge in [0.1, 0.15) is 5.75 Å². The molecule has 0 fully saturated rings. The van der Waals surface area contributed by atoms with E-state index in [0.717, 1.165) is 17.3 Å². The molecule has 0 aliphatic carbocycles. The predicted octanol–water partition coefficient (Wildman–Crippen LogP) is 5.65. The fourth-order valence-electron chi connectivity index (χ4n) is 2.08. The molecule has 10 heteroatoms. The van der Waals surface area contributed by atoms with Gasteiger partial charge < -0.3 is 14.5 Å². The normalized spacial score (nSPS) is 10.7. The van der Waals surface area contributed by atoms with Crippen molar-refractivity contribution in [1.82, 2.24) is 10.2 Å². The number of halogens is 3. The molecule has 0 bridgehead atoms. The summed E-state index contributed by atoms with van der Waals surface area (Å²) >= 11 is 19.0. The number of aryl methyl sites for hydroxylation is 1. The number of anilines is 1. The Bertz CT molecular complexity index is 997. The average Bonchev–Trinajstić information content (AvgIpc) is 3.10. The first-order valence-electron chi connectivity index (χ1n) is 8.00. The first-order chi connectivity index (χ1) is 13.4. The van der Waals surface area contributed by atoms with Gasteiger partial charge in [0.05, 0.1) is 10.8 Å². The summed E-state index contributed by atoms with van der Waals surface area (Å²) < 4.78 is 11.0. The van der Waals surface area contributed by atoms with Gasteiger partial charge in [-0.2, -0.15) is 0 Å². The molecule has 0 spiro atoms. The lowest BCUT2D eigenvalue weighted by atomic mass is 10.2. The lowest BCUT2D eigenvalue weighted by Crippen LogP contribution is -2.14. The van der Waals surface area contributed by atoms with E-state index < -0.39 is 0 Å². The SMILES string of the molecule is Cc1ccc(NC(=O)CSc2nnc(COc3ccc(Cl)cc3Cl)o2)cc1Cl. The molecule has 1 aromatic heterocycles. The quantitative estimate of drug-likeness (QED) is 0.461. The third-order valence-electron chi connectivity index (χ3n) is 3.48. The van der Waals surface area contributed by atoms with E-state index in [-0.39, 0.29) is 29.4 Å². The van der Waals surface area contributed by atoms with Gasteiger partial charge >= 0.3 is 0 Å². The van der Waals surface area contributed by atoms with Gasteiger partial charge in [0, 0.05) is 15.7 Å². The zero-order chi connectivity index (χ0) is 20.1. The maximum atomic E-state index is 12.0. The summed E-state index contributed by atoms with van der Waals surface area (Å²) in [5, 5.41) is 12.3. The van der Waals surface area contributed by atoms with E-state index in [1.165, 1.54) is 0 Å². The van der Waals surface area contributed by atoms with E-state index in [2.05, 4.69) is 15.5 Å². The second-order valence-corrected chi connectivity index (χ2v) is 7.80. The van der Waals surface area contributed by atoms with Gasteiger partial charge in [-0.25, -0.2) is 0 Å². The number of hydrogen-bond acceptors (Lipinski definition) is 6. The summed E-state index contributed by atoms with van der Waals surface area (Å²) in [6.45, 7) is 1.94. The van der Waals surface area contributed by atoms with Gasteiger partial charge in [0.25, 0.3) is 11.1 Å². The molecule has 3 aromatic rings. The monoisotopic (exact) mass is 457 g/mol. The maximum absolute atomic E-state index is 12.0. The van der Waals surface area contributed by atoms with Crippen LogP contribution in [0.4, 0.5) is 5.69 Å². The van der Waals surface area contributed by atoms with Crippen molar-refractivity contribution in [2.45, 2.75) is 18.8 Å². The van der Waals surface area contributed by atoms with E-state index in [9.17, 15) is 4.79 Å². The van der Waals surface area contributed by atoms with Crippen molar-refractivity contribution in [3.05, 3.63) is 62.9 Å². The Morgan fingerprint density at radius 1 is 1.14 bits per heavy atom. The molecule has 0 aliphatic heterocycles. The number of nitrogens with one attached hydrogen (secondary N) is 1. The Balaban J connectivity index is 1.48.